The molecule has 132 valence electrons. The van der Waals surface area contributed by atoms with Gasteiger partial charge in [0.25, 0.3) is 5.56 Å². The Morgan fingerprint density at radius 1 is 1.38 bits per heavy atom. The second-order valence-corrected chi connectivity index (χ2v) is 7.20. The molecule has 2 aromatic rings. The number of carbonyl (C=O) groups is 1. The number of thioether (sulfide) groups is 1. The molecule has 1 aromatic heterocycles. The summed E-state index contributed by atoms with van der Waals surface area (Å²) in [7, 11) is 0. The van der Waals surface area contributed by atoms with E-state index in [1.165, 1.54) is 0 Å². The van der Waals surface area contributed by atoms with E-state index in [2.05, 4.69) is 15.3 Å². The Balaban J connectivity index is 0.00000288. The topological polar surface area (TPSA) is 101 Å². The minimum Gasteiger partial charge on any atom is -0.354 e. The molecule has 1 amide bonds. The number of halogens is 1. The Bertz CT molecular complexity index is 743. The molecule has 0 unspecified atom stereocenters. The van der Waals surface area contributed by atoms with E-state index in [0.29, 0.717) is 41.2 Å². The molecular weight excluding hydrogens is 348 g/mol. The average molecular weight is 371 g/mol. The van der Waals surface area contributed by atoms with Crippen LogP contribution in [-0.4, -0.2) is 33.7 Å². The quantitative estimate of drug-likeness (QED) is 0.645. The number of para-hydroxylation sites is 1. The number of amides is 1. The number of nitrogens with two attached hydrogens (primary N) is 1. The lowest BCUT2D eigenvalue weighted by Gasteiger charge is -2.18. The summed E-state index contributed by atoms with van der Waals surface area (Å²) in [5.74, 6) is 1.83. The molecule has 6 nitrogen and oxygen atoms in total. The zero-order chi connectivity index (χ0) is 16.9. The molecule has 8 heteroatoms. The maximum absolute atomic E-state index is 11.9. The van der Waals surface area contributed by atoms with Crippen LogP contribution in [0.4, 0.5) is 0 Å². The fourth-order valence-corrected chi connectivity index (χ4v) is 2.76. The Morgan fingerprint density at radius 2 is 2.08 bits per heavy atom. The normalized spacial score (nSPS) is 11.1. The van der Waals surface area contributed by atoms with Crippen molar-refractivity contribution >= 4 is 41.0 Å². The number of nitrogens with one attached hydrogen (secondary N) is 2. The van der Waals surface area contributed by atoms with Gasteiger partial charge in [0.1, 0.15) is 5.82 Å². The molecule has 1 aromatic carbocycles. The maximum Gasteiger partial charge on any atom is 0.258 e. The maximum atomic E-state index is 11.9. The third kappa shape index (κ3) is 6.51. The van der Waals surface area contributed by atoms with Crippen LogP contribution in [0.15, 0.2) is 29.1 Å². The van der Waals surface area contributed by atoms with E-state index < -0.39 is 5.54 Å². The number of aromatic amines is 1. The molecule has 0 aliphatic rings. The first-order valence-corrected chi connectivity index (χ1v) is 8.62. The molecule has 4 N–H and O–H groups in total. The molecule has 0 saturated carbocycles. The predicted octanol–water partition coefficient (Wildman–Crippen LogP) is 1.82. The summed E-state index contributed by atoms with van der Waals surface area (Å²) in [5, 5.41) is 3.39. The first-order chi connectivity index (χ1) is 10.8. The van der Waals surface area contributed by atoms with Crippen LogP contribution in [-0.2, 0) is 10.5 Å². The van der Waals surface area contributed by atoms with Gasteiger partial charge in [-0.2, -0.15) is 11.8 Å². The van der Waals surface area contributed by atoms with Crippen LogP contribution >= 0.6 is 24.2 Å². The van der Waals surface area contributed by atoms with Crippen molar-refractivity contribution in [1.82, 2.24) is 15.3 Å². The Hall–Kier alpha value is -1.57. The largest absolute Gasteiger partial charge is 0.354 e. The second kappa shape index (κ2) is 9.05. The molecule has 1 heterocycles. The number of carbonyl (C=O) groups excluding carboxylic acids is 1. The van der Waals surface area contributed by atoms with E-state index in [0.717, 1.165) is 0 Å². The summed E-state index contributed by atoms with van der Waals surface area (Å²) in [4.78, 5) is 30.8. The minimum atomic E-state index is -0.405. The lowest BCUT2D eigenvalue weighted by atomic mass is 10.1. The van der Waals surface area contributed by atoms with Crippen LogP contribution in [0.3, 0.4) is 0 Å². The fraction of sp³-hybridized carbons (Fsp3) is 0.438. The van der Waals surface area contributed by atoms with Gasteiger partial charge in [0.2, 0.25) is 5.91 Å². The highest BCUT2D eigenvalue weighted by molar-refractivity contribution is 7.98. The van der Waals surface area contributed by atoms with Gasteiger partial charge in [-0.1, -0.05) is 12.1 Å². The van der Waals surface area contributed by atoms with E-state index >= 15 is 0 Å². The Labute approximate surface area is 151 Å². The van der Waals surface area contributed by atoms with Crippen molar-refractivity contribution in [2.45, 2.75) is 31.6 Å². The zero-order valence-electron chi connectivity index (χ0n) is 13.8. The number of H-pyrrole nitrogens is 1. The molecular formula is C16H23ClN4O2S. The van der Waals surface area contributed by atoms with Gasteiger partial charge >= 0.3 is 0 Å². The Kier molecular flexibility index (Phi) is 7.72. The lowest BCUT2D eigenvalue weighted by molar-refractivity contribution is -0.120. The average Bonchev–Trinajstić information content (AvgIpc) is 2.49. The van der Waals surface area contributed by atoms with Gasteiger partial charge in [0.05, 0.1) is 16.7 Å². The third-order valence-electron chi connectivity index (χ3n) is 3.12. The van der Waals surface area contributed by atoms with Crippen LogP contribution in [0.5, 0.6) is 0 Å². The van der Waals surface area contributed by atoms with Gasteiger partial charge in [-0.05, 0) is 26.0 Å². The molecule has 0 bridgehead atoms. The number of benzene rings is 1. The van der Waals surface area contributed by atoms with Gasteiger partial charge in [-0.15, -0.1) is 12.4 Å². The van der Waals surface area contributed by atoms with Crippen molar-refractivity contribution in [3.05, 3.63) is 40.4 Å². The summed E-state index contributed by atoms with van der Waals surface area (Å²) in [6.07, 6.45) is 0.415. The molecule has 0 aliphatic heterocycles. The van der Waals surface area contributed by atoms with E-state index in [-0.39, 0.29) is 23.9 Å². The van der Waals surface area contributed by atoms with E-state index in [1.54, 1.807) is 17.8 Å². The van der Waals surface area contributed by atoms with Gasteiger partial charge in [-0.25, -0.2) is 4.98 Å². The highest BCUT2D eigenvalue weighted by Gasteiger charge is 2.12. The molecule has 0 aliphatic carbocycles. The summed E-state index contributed by atoms with van der Waals surface area (Å²) in [6, 6.07) is 7.24. The van der Waals surface area contributed by atoms with Crippen molar-refractivity contribution in [2.24, 2.45) is 5.73 Å². The van der Waals surface area contributed by atoms with Crippen molar-refractivity contribution in [2.75, 3.05) is 12.3 Å². The monoisotopic (exact) mass is 370 g/mol. The molecule has 0 spiro atoms. The molecule has 0 saturated heterocycles. The second-order valence-electron chi connectivity index (χ2n) is 6.10. The first kappa shape index (κ1) is 20.5. The minimum absolute atomic E-state index is 0. The third-order valence-corrected chi connectivity index (χ3v) is 4.09. The number of fused-ring (bicyclic) bond motifs is 1. The molecule has 24 heavy (non-hydrogen) atoms. The van der Waals surface area contributed by atoms with E-state index in [1.807, 2.05) is 32.0 Å². The summed E-state index contributed by atoms with van der Waals surface area (Å²) >= 11 is 1.56. The molecule has 0 radical (unpaired) electrons. The van der Waals surface area contributed by atoms with E-state index in [9.17, 15) is 9.59 Å². The number of nitrogens with zero attached hydrogens (tertiary/aromatic N) is 1. The summed E-state index contributed by atoms with van der Waals surface area (Å²) in [6.45, 7) is 4.18. The smallest absolute Gasteiger partial charge is 0.258 e. The highest BCUT2D eigenvalue weighted by Crippen LogP contribution is 2.12. The van der Waals surface area contributed by atoms with E-state index in [4.69, 9.17) is 5.73 Å². The Morgan fingerprint density at radius 3 is 2.79 bits per heavy atom. The van der Waals surface area contributed by atoms with Crippen LogP contribution in [0.2, 0.25) is 0 Å². The lowest BCUT2D eigenvalue weighted by Crippen LogP contribution is -2.45. The standard InChI is InChI=1S/C16H22N4O2S.ClH/c1-16(2,17)10-18-14(21)7-8-23-9-13-19-12-6-4-3-5-11(12)15(22)20-13;/h3-6H,7-10,17H2,1-2H3,(H,18,21)(H,19,20,22);1H. The summed E-state index contributed by atoms with van der Waals surface area (Å²) < 4.78 is 0. The van der Waals surface area contributed by atoms with Gasteiger partial charge in [0.15, 0.2) is 0 Å². The highest BCUT2D eigenvalue weighted by atomic mass is 35.5. The van der Waals surface area contributed by atoms with Crippen molar-refractivity contribution in [3.63, 3.8) is 0 Å². The number of hydrogen-bond acceptors (Lipinski definition) is 5. The number of aromatic nitrogens is 2. The summed E-state index contributed by atoms with van der Waals surface area (Å²) in [5.41, 5.74) is 5.97. The van der Waals surface area contributed by atoms with Gasteiger partial charge < -0.3 is 16.0 Å². The number of hydrogen-bond donors (Lipinski definition) is 3. The molecule has 0 atom stereocenters. The van der Waals surface area contributed by atoms with Crippen LogP contribution in [0, 0.1) is 0 Å². The van der Waals surface area contributed by atoms with Crippen molar-refractivity contribution < 1.29 is 4.79 Å². The van der Waals surface area contributed by atoms with Crippen LogP contribution in [0.1, 0.15) is 26.1 Å². The molecule has 2 rings (SSSR count). The van der Waals surface area contributed by atoms with Crippen molar-refractivity contribution in [3.8, 4) is 0 Å². The van der Waals surface area contributed by atoms with Gasteiger partial charge in [-0.3, -0.25) is 9.59 Å². The fourth-order valence-electron chi connectivity index (χ4n) is 1.95. The first-order valence-electron chi connectivity index (χ1n) is 7.46. The van der Waals surface area contributed by atoms with Gasteiger partial charge in [0, 0.05) is 24.3 Å². The zero-order valence-corrected chi connectivity index (χ0v) is 15.4. The van der Waals surface area contributed by atoms with Crippen LogP contribution < -0.4 is 16.6 Å². The SMILES string of the molecule is CC(C)(N)CNC(=O)CCSCc1nc2ccccc2c(=O)[nH]1.Cl. The predicted molar refractivity (Wildman–Crippen MR) is 102 cm³/mol. The number of rotatable bonds is 7. The molecule has 0 fully saturated rings. The van der Waals surface area contributed by atoms with Crippen molar-refractivity contribution in [1.29, 1.82) is 0 Å². The van der Waals surface area contributed by atoms with Crippen LogP contribution in [0.25, 0.3) is 10.9 Å².